The summed E-state index contributed by atoms with van der Waals surface area (Å²) in [6.07, 6.45) is 1.38. The van der Waals surface area contributed by atoms with Crippen LogP contribution in [0.5, 0.6) is 5.75 Å². The first-order valence-corrected chi connectivity index (χ1v) is 13.0. The van der Waals surface area contributed by atoms with Crippen LogP contribution in [0, 0.1) is 6.92 Å². The van der Waals surface area contributed by atoms with Gasteiger partial charge in [0, 0.05) is 31.3 Å². The highest BCUT2D eigenvalue weighted by molar-refractivity contribution is 9.10. The lowest BCUT2D eigenvalue weighted by molar-refractivity contribution is 0.0733. The van der Waals surface area contributed by atoms with E-state index in [1.165, 1.54) is 6.21 Å². The van der Waals surface area contributed by atoms with Gasteiger partial charge in [-0.25, -0.2) is 10.2 Å². The number of carbonyl (C=O) groups excluding carboxylic acids is 3. The number of hydrazone groups is 1. The third kappa shape index (κ3) is 7.24. The van der Waals surface area contributed by atoms with Crippen molar-refractivity contribution in [1.29, 1.82) is 0 Å². The number of hydrogen-bond donors (Lipinski definition) is 2. The largest absolute Gasteiger partial charge is 0.422 e. The van der Waals surface area contributed by atoms with Crippen molar-refractivity contribution in [3.05, 3.63) is 128 Å². The fourth-order valence-electron chi connectivity index (χ4n) is 3.33. The molecule has 0 spiro atoms. The van der Waals surface area contributed by atoms with Crippen molar-refractivity contribution in [3.8, 4) is 5.75 Å². The van der Waals surface area contributed by atoms with Crippen molar-refractivity contribution in [2.75, 3.05) is 5.32 Å². The fraction of sp³-hybridized carbons (Fsp3) is 0.0345. The number of nitrogens with one attached hydrogen (secondary N) is 2. The molecule has 0 fully saturated rings. The van der Waals surface area contributed by atoms with Crippen LogP contribution < -0.4 is 15.5 Å². The number of hydrogen-bond acceptors (Lipinski definition) is 5. The van der Waals surface area contributed by atoms with E-state index in [1.807, 2.05) is 19.1 Å². The Balaban J connectivity index is 1.42. The smallest absolute Gasteiger partial charge is 0.343 e. The highest BCUT2D eigenvalue weighted by atomic mass is 79.9. The Morgan fingerprint density at radius 2 is 1.45 bits per heavy atom. The molecular formula is C29H21Br2N3O4. The molecule has 190 valence electrons. The van der Waals surface area contributed by atoms with Crippen LogP contribution in [0.2, 0.25) is 0 Å². The van der Waals surface area contributed by atoms with E-state index in [0.29, 0.717) is 27.9 Å². The summed E-state index contributed by atoms with van der Waals surface area (Å²) in [6.45, 7) is 1.94. The summed E-state index contributed by atoms with van der Waals surface area (Å²) in [6, 6.07) is 25.6. The van der Waals surface area contributed by atoms with Crippen LogP contribution in [0.15, 0.2) is 105 Å². The average molecular weight is 635 g/mol. The molecule has 7 nitrogen and oxygen atoms in total. The van der Waals surface area contributed by atoms with Crippen molar-refractivity contribution >= 4 is 61.5 Å². The van der Waals surface area contributed by atoms with Gasteiger partial charge in [0.15, 0.2) is 0 Å². The molecule has 2 N–H and O–H groups in total. The first-order valence-electron chi connectivity index (χ1n) is 11.4. The van der Waals surface area contributed by atoms with Gasteiger partial charge in [0.05, 0.1) is 11.8 Å². The van der Waals surface area contributed by atoms with E-state index in [-0.39, 0.29) is 11.7 Å². The van der Waals surface area contributed by atoms with Crippen molar-refractivity contribution in [1.82, 2.24) is 5.43 Å². The Labute approximate surface area is 236 Å². The first kappa shape index (κ1) is 27.0. The van der Waals surface area contributed by atoms with Crippen molar-refractivity contribution in [3.63, 3.8) is 0 Å². The number of amides is 2. The topological polar surface area (TPSA) is 96.9 Å². The highest BCUT2D eigenvalue weighted by Crippen LogP contribution is 2.23. The summed E-state index contributed by atoms with van der Waals surface area (Å²) in [5, 5.41) is 6.82. The molecule has 0 saturated carbocycles. The first-order chi connectivity index (χ1) is 18.3. The lowest BCUT2D eigenvalue weighted by Gasteiger charge is -2.09. The zero-order valence-electron chi connectivity index (χ0n) is 20.1. The maximum absolute atomic E-state index is 12.7. The molecule has 0 saturated heterocycles. The van der Waals surface area contributed by atoms with Gasteiger partial charge in [0.25, 0.3) is 11.8 Å². The summed E-state index contributed by atoms with van der Waals surface area (Å²) in [7, 11) is 0. The lowest BCUT2D eigenvalue weighted by Crippen LogP contribution is -2.18. The minimum absolute atomic E-state index is 0.277. The van der Waals surface area contributed by atoms with E-state index in [2.05, 4.69) is 47.7 Å². The number of aryl methyl sites for hydroxylation is 1. The number of anilines is 1. The quantitative estimate of drug-likeness (QED) is 0.102. The molecule has 4 aromatic rings. The Morgan fingerprint density at radius 3 is 2.18 bits per heavy atom. The second-order valence-electron chi connectivity index (χ2n) is 8.18. The van der Waals surface area contributed by atoms with E-state index in [1.54, 1.807) is 78.9 Å². The van der Waals surface area contributed by atoms with Crippen molar-refractivity contribution in [2.24, 2.45) is 5.10 Å². The lowest BCUT2D eigenvalue weighted by atomic mass is 10.1. The predicted octanol–water partition coefficient (Wildman–Crippen LogP) is 6.76. The summed E-state index contributed by atoms with van der Waals surface area (Å²) in [5.74, 6) is -1.00. The number of ether oxygens (including phenoxy) is 1. The van der Waals surface area contributed by atoms with Gasteiger partial charge >= 0.3 is 5.97 Å². The van der Waals surface area contributed by atoms with Crippen LogP contribution in [0.3, 0.4) is 0 Å². The maximum atomic E-state index is 12.7. The molecule has 2 amide bonds. The Kier molecular flexibility index (Phi) is 8.83. The van der Waals surface area contributed by atoms with Crippen molar-refractivity contribution in [2.45, 2.75) is 6.92 Å². The van der Waals surface area contributed by atoms with Crippen LogP contribution in [0.4, 0.5) is 5.69 Å². The number of rotatable bonds is 7. The predicted molar refractivity (Wildman–Crippen MR) is 154 cm³/mol. The molecule has 4 rings (SSSR count). The maximum Gasteiger partial charge on any atom is 0.343 e. The molecule has 0 radical (unpaired) electrons. The van der Waals surface area contributed by atoms with Crippen LogP contribution >= 0.6 is 31.9 Å². The number of carbonyl (C=O) groups is 3. The number of benzene rings is 4. The summed E-state index contributed by atoms with van der Waals surface area (Å²) >= 11 is 6.73. The minimum Gasteiger partial charge on any atom is -0.422 e. The Hall–Kier alpha value is -4.08. The van der Waals surface area contributed by atoms with Gasteiger partial charge < -0.3 is 10.1 Å². The normalized spacial score (nSPS) is 10.7. The molecule has 0 aliphatic rings. The number of nitrogens with zero attached hydrogens (tertiary/aromatic N) is 1. The number of esters is 1. The second kappa shape index (κ2) is 12.4. The molecule has 9 heteroatoms. The zero-order chi connectivity index (χ0) is 27.1. The molecule has 0 unspecified atom stereocenters. The van der Waals surface area contributed by atoms with E-state index in [4.69, 9.17) is 4.74 Å². The second-order valence-corrected chi connectivity index (χ2v) is 10.0. The van der Waals surface area contributed by atoms with Gasteiger partial charge in [-0.15, -0.1) is 0 Å². The van der Waals surface area contributed by atoms with Crippen LogP contribution in [-0.4, -0.2) is 24.0 Å². The summed E-state index contributed by atoms with van der Waals surface area (Å²) in [4.78, 5) is 37.7. The van der Waals surface area contributed by atoms with Crippen LogP contribution in [0.25, 0.3) is 0 Å². The zero-order valence-corrected chi connectivity index (χ0v) is 23.2. The summed E-state index contributed by atoms with van der Waals surface area (Å²) in [5.41, 5.74) is 5.67. The van der Waals surface area contributed by atoms with E-state index in [9.17, 15) is 14.4 Å². The average Bonchev–Trinajstić information content (AvgIpc) is 2.91. The Morgan fingerprint density at radius 1 is 0.763 bits per heavy atom. The van der Waals surface area contributed by atoms with Gasteiger partial charge in [-0.3, -0.25) is 9.59 Å². The molecule has 0 aliphatic heterocycles. The highest BCUT2D eigenvalue weighted by Gasteiger charge is 2.13. The van der Waals surface area contributed by atoms with Gasteiger partial charge in [-0.2, -0.15) is 5.10 Å². The molecule has 0 heterocycles. The number of halogens is 2. The van der Waals surface area contributed by atoms with E-state index in [0.717, 1.165) is 14.5 Å². The van der Waals surface area contributed by atoms with Gasteiger partial charge in [-0.05, 0) is 79.7 Å². The molecule has 4 aromatic carbocycles. The molecule has 0 bridgehead atoms. The van der Waals surface area contributed by atoms with Gasteiger partial charge in [0.1, 0.15) is 5.75 Å². The van der Waals surface area contributed by atoms with Crippen molar-refractivity contribution < 1.29 is 19.1 Å². The molecular weight excluding hydrogens is 614 g/mol. The molecule has 0 aliphatic carbocycles. The summed E-state index contributed by atoms with van der Waals surface area (Å²) < 4.78 is 7.13. The minimum atomic E-state index is -0.525. The monoisotopic (exact) mass is 633 g/mol. The molecule has 0 aromatic heterocycles. The van der Waals surface area contributed by atoms with E-state index >= 15 is 0 Å². The third-order valence-corrected chi connectivity index (χ3v) is 6.34. The molecule has 38 heavy (non-hydrogen) atoms. The van der Waals surface area contributed by atoms with Gasteiger partial charge in [0.2, 0.25) is 0 Å². The van der Waals surface area contributed by atoms with E-state index < -0.39 is 11.9 Å². The van der Waals surface area contributed by atoms with Gasteiger partial charge in [-0.1, -0.05) is 55.6 Å². The van der Waals surface area contributed by atoms with Crippen LogP contribution in [-0.2, 0) is 0 Å². The SMILES string of the molecule is Cc1ccc(C(=O)Nc2cccc(C(=O)NN=Cc3cc(Br)ccc3OC(=O)c3ccc(Br)cc3)c2)cc1. The standard InChI is InChI=1S/C29H21Br2N3O4/c1-18-5-7-19(8-6-18)27(35)33-25-4-2-3-21(16-25)28(36)34-32-17-22-15-24(31)13-14-26(22)38-29(37)20-9-11-23(30)12-10-20/h2-17H,1H3,(H,33,35)(H,34,36). The fourth-order valence-corrected chi connectivity index (χ4v) is 3.97. The third-order valence-electron chi connectivity index (χ3n) is 5.32. The Bertz CT molecular complexity index is 1520. The molecule has 0 atom stereocenters. The van der Waals surface area contributed by atoms with Crippen LogP contribution in [0.1, 0.15) is 42.2 Å².